The number of nitro groups is 1. The number of hydrogen-bond acceptors (Lipinski definition) is 4. The third kappa shape index (κ3) is 2.61. The van der Waals surface area contributed by atoms with Gasteiger partial charge in [0, 0.05) is 12.3 Å². The lowest BCUT2D eigenvalue weighted by Gasteiger charge is -2.03. The lowest BCUT2D eigenvalue weighted by Crippen LogP contribution is -2.12. The monoisotopic (exact) mass is 203 g/mol. The van der Waals surface area contributed by atoms with Gasteiger partial charge in [0.25, 0.3) is 6.43 Å². The summed E-state index contributed by atoms with van der Waals surface area (Å²) < 4.78 is 23.6. The molecule has 1 aromatic rings. The van der Waals surface area contributed by atoms with Gasteiger partial charge in [-0.05, 0) is 6.07 Å². The van der Waals surface area contributed by atoms with Crippen LogP contribution >= 0.6 is 0 Å². The van der Waals surface area contributed by atoms with Crippen LogP contribution in [0.4, 0.5) is 20.3 Å². The molecule has 0 aliphatic heterocycles. The first-order valence-corrected chi connectivity index (χ1v) is 3.72. The summed E-state index contributed by atoms with van der Waals surface area (Å²) in [6, 6.07) is 2.56. The largest absolute Gasteiger partial charge is 0.359 e. The summed E-state index contributed by atoms with van der Waals surface area (Å²) in [7, 11) is 0. The van der Waals surface area contributed by atoms with Crippen molar-refractivity contribution < 1.29 is 13.7 Å². The predicted octanol–water partition coefficient (Wildman–Crippen LogP) is 1.67. The van der Waals surface area contributed by atoms with Crippen LogP contribution in [0.3, 0.4) is 0 Å². The Hall–Kier alpha value is -1.79. The highest BCUT2D eigenvalue weighted by atomic mass is 19.3. The maximum atomic E-state index is 11.8. The zero-order valence-corrected chi connectivity index (χ0v) is 6.98. The minimum absolute atomic E-state index is 0.141. The van der Waals surface area contributed by atoms with Crippen molar-refractivity contribution in [2.75, 3.05) is 11.9 Å². The number of nitrogens with one attached hydrogen (secondary N) is 1. The summed E-state index contributed by atoms with van der Waals surface area (Å²) in [5.41, 5.74) is -0.312. The fraction of sp³-hybridized carbons (Fsp3) is 0.286. The van der Waals surface area contributed by atoms with Crippen molar-refractivity contribution >= 4 is 11.5 Å². The first-order valence-electron chi connectivity index (χ1n) is 3.72. The summed E-state index contributed by atoms with van der Waals surface area (Å²) in [6.07, 6.45) is -1.28. The molecule has 0 aliphatic carbocycles. The molecule has 1 aromatic heterocycles. The Morgan fingerprint density at radius 1 is 1.64 bits per heavy atom. The van der Waals surface area contributed by atoms with E-state index in [4.69, 9.17) is 0 Å². The van der Waals surface area contributed by atoms with Crippen LogP contribution in [0.5, 0.6) is 0 Å². The number of rotatable bonds is 4. The summed E-state index contributed by atoms with van der Waals surface area (Å²) >= 11 is 0. The fourth-order valence-corrected chi connectivity index (χ4v) is 0.854. The maximum Gasteiger partial charge on any atom is 0.311 e. The lowest BCUT2D eigenvalue weighted by atomic mass is 10.4. The number of anilines is 1. The van der Waals surface area contributed by atoms with Gasteiger partial charge < -0.3 is 5.32 Å². The van der Waals surface area contributed by atoms with E-state index in [1.54, 1.807) is 0 Å². The molecular weight excluding hydrogens is 196 g/mol. The SMILES string of the molecule is O=[N+]([O-])c1cccnc1NCC(F)F. The molecule has 0 saturated carbocycles. The molecule has 0 spiro atoms. The highest BCUT2D eigenvalue weighted by Gasteiger charge is 2.14. The van der Waals surface area contributed by atoms with Crippen molar-refractivity contribution in [1.82, 2.24) is 4.98 Å². The average Bonchev–Trinajstić information content (AvgIpc) is 2.15. The molecule has 1 heterocycles. The van der Waals surface area contributed by atoms with E-state index in [9.17, 15) is 18.9 Å². The van der Waals surface area contributed by atoms with Gasteiger partial charge in [0.2, 0.25) is 5.82 Å². The highest BCUT2D eigenvalue weighted by Crippen LogP contribution is 2.20. The summed E-state index contributed by atoms with van der Waals surface area (Å²) in [5.74, 6) is -0.141. The van der Waals surface area contributed by atoms with E-state index in [0.29, 0.717) is 0 Å². The van der Waals surface area contributed by atoms with Gasteiger partial charge in [0.05, 0.1) is 11.5 Å². The van der Waals surface area contributed by atoms with Gasteiger partial charge in [-0.2, -0.15) is 0 Å². The Morgan fingerprint density at radius 3 is 2.93 bits per heavy atom. The van der Waals surface area contributed by atoms with Crippen molar-refractivity contribution in [3.05, 3.63) is 28.4 Å². The first-order chi connectivity index (χ1) is 6.61. The van der Waals surface area contributed by atoms with E-state index in [0.717, 1.165) is 0 Å². The van der Waals surface area contributed by atoms with Crippen LogP contribution in [0.15, 0.2) is 18.3 Å². The van der Waals surface area contributed by atoms with Crippen LogP contribution in [0.2, 0.25) is 0 Å². The van der Waals surface area contributed by atoms with Gasteiger partial charge in [0.1, 0.15) is 0 Å². The lowest BCUT2D eigenvalue weighted by molar-refractivity contribution is -0.384. The topological polar surface area (TPSA) is 68.1 Å². The Balaban J connectivity index is 2.79. The van der Waals surface area contributed by atoms with Crippen molar-refractivity contribution in [3.8, 4) is 0 Å². The molecule has 5 nitrogen and oxygen atoms in total. The second-order valence-electron chi connectivity index (χ2n) is 2.40. The number of alkyl halides is 2. The van der Waals surface area contributed by atoms with Crippen LogP contribution in [-0.2, 0) is 0 Å². The van der Waals surface area contributed by atoms with Gasteiger partial charge >= 0.3 is 5.69 Å². The van der Waals surface area contributed by atoms with E-state index in [-0.39, 0.29) is 11.5 Å². The third-order valence-corrected chi connectivity index (χ3v) is 1.41. The van der Waals surface area contributed by atoms with E-state index < -0.39 is 17.9 Å². The minimum Gasteiger partial charge on any atom is -0.359 e. The van der Waals surface area contributed by atoms with Gasteiger partial charge in [-0.25, -0.2) is 13.8 Å². The normalized spacial score (nSPS) is 10.2. The standard InChI is InChI=1S/C7H7F2N3O2/c8-6(9)4-11-7-5(12(13)14)2-1-3-10-7/h1-3,6H,4H2,(H,10,11). The molecule has 0 aromatic carbocycles. The molecule has 1 N–H and O–H groups in total. The molecule has 76 valence electrons. The molecule has 0 aliphatic rings. The number of hydrogen-bond donors (Lipinski definition) is 1. The van der Waals surface area contributed by atoms with E-state index in [1.807, 2.05) is 0 Å². The average molecular weight is 203 g/mol. The number of aromatic nitrogens is 1. The number of nitrogens with zero attached hydrogens (tertiary/aromatic N) is 2. The second kappa shape index (κ2) is 4.45. The molecule has 7 heteroatoms. The zero-order valence-electron chi connectivity index (χ0n) is 6.98. The van der Waals surface area contributed by atoms with Crippen molar-refractivity contribution in [1.29, 1.82) is 0 Å². The highest BCUT2D eigenvalue weighted by molar-refractivity contribution is 5.54. The van der Waals surface area contributed by atoms with Crippen LogP contribution < -0.4 is 5.32 Å². The molecule has 0 amide bonds. The zero-order chi connectivity index (χ0) is 10.6. The van der Waals surface area contributed by atoms with Crippen LogP contribution in [0.25, 0.3) is 0 Å². The molecule has 1 rings (SSSR count). The van der Waals surface area contributed by atoms with Gasteiger partial charge in [-0.15, -0.1) is 0 Å². The second-order valence-corrected chi connectivity index (χ2v) is 2.40. The van der Waals surface area contributed by atoms with E-state index >= 15 is 0 Å². The van der Waals surface area contributed by atoms with Crippen molar-refractivity contribution in [3.63, 3.8) is 0 Å². The van der Waals surface area contributed by atoms with Gasteiger partial charge in [0.15, 0.2) is 0 Å². The summed E-state index contributed by atoms with van der Waals surface area (Å²) in [4.78, 5) is 13.3. The molecule has 0 unspecified atom stereocenters. The number of halogens is 2. The summed E-state index contributed by atoms with van der Waals surface area (Å²) in [5, 5.41) is 12.6. The van der Waals surface area contributed by atoms with Gasteiger partial charge in [-0.1, -0.05) is 0 Å². The Kier molecular flexibility index (Phi) is 3.27. The molecule has 0 fully saturated rings. The Bertz CT molecular complexity index is 332. The minimum atomic E-state index is -2.57. The molecule has 0 bridgehead atoms. The Morgan fingerprint density at radius 2 is 2.36 bits per heavy atom. The molecule has 0 atom stereocenters. The van der Waals surface area contributed by atoms with Crippen molar-refractivity contribution in [2.45, 2.75) is 6.43 Å². The van der Waals surface area contributed by atoms with Crippen LogP contribution in [0.1, 0.15) is 0 Å². The molecule has 0 saturated heterocycles. The molecule has 0 radical (unpaired) electrons. The van der Waals surface area contributed by atoms with Crippen molar-refractivity contribution in [2.24, 2.45) is 0 Å². The van der Waals surface area contributed by atoms with E-state index in [1.165, 1.54) is 18.3 Å². The van der Waals surface area contributed by atoms with Gasteiger partial charge in [-0.3, -0.25) is 10.1 Å². The fourth-order valence-electron chi connectivity index (χ4n) is 0.854. The third-order valence-electron chi connectivity index (χ3n) is 1.41. The predicted molar refractivity (Wildman–Crippen MR) is 45.4 cm³/mol. The number of pyridine rings is 1. The molecular formula is C7H7F2N3O2. The first kappa shape index (κ1) is 10.3. The summed E-state index contributed by atoms with van der Waals surface area (Å²) in [6.45, 7) is -0.655. The Labute approximate surface area is 77.9 Å². The van der Waals surface area contributed by atoms with Crippen LogP contribution in [-0.4, -0.2) is 22.9 Å². The quantitative estimate of drug-likeness (QED) is 0.596. The molecule has 14 heavy (non-hydrogen) atoms. The smallest absolute Gasteiger partial charge is 0.311 e. The van der Waals surface area contributed by atoms with Crippen LogP contribution in [0, 0.1) is 10.1 Å². The van der Waals surface area contributed by atoms with E-state index in [2.05, 4.69) is 10.3 Å². The maximum absolute atomic E-state index is 11.8.